The van der Waals surface area contributed by atoms with Crippen molar-refractivity contribution in [3.05, 3.63) is 28.7 Å². The molecule has 0 aliphatic carbocycles. The number of hydrogen-bond acceptors (Lipinski definition) is 3. The van der Waals surface area contributed by atoms with Crippen LogP contribution in [0, 0.1) is 0 Å². The number of halogens is 1. The highest BCUT2D eigenvalue weighted by Crippen LogP contribution is 2.32. The smallest absolute Gasteiger partial charge is 0.145 e. The summed E-state index contributed by atoms with van der Waals surface area (Å²) in [5, 5.41) is 6.78. The molecule has 3 N–H and O–H groups in total. The van der Waals surface area contributed by atoms with E-state index in [4.69, 9.17) is 10.5 Å². The van der Waals surface area contributed by atoms with E-state index in [0.29, 0.717) is 12.4 Å². The lowest BCUT2D eigenvalue weighted by Gasteiger charge is -2.08. The Balaban J connectivity index is 2.48. The molecule has 2 rings (SSSR count). The molecule has 4 nitrogen and oxygen atoms in total. The van der Waals surface area contributed by atoms with Crippen LogP contribution >= 0.6 is 15.9 Å². The number of aromatic nitrogens is 2. The van der Waals surface area contributed by atoms with Crippen LogP contribution in [0.1, 0.15) is 6.92 Å². The van der Waals surface area contributed by atoms with E-state index in [9.17, 15) is 0 Å². The Hall–Kier alpha value is -1.49. The molecule has 0 saturated heterocycles. The molecule has 0 bridgehead atoms. The van der Waals surface area contributed by atoms with Gasteiger partial charge in [-0.05, 0) is 25.1 Å². The number of nitrogens with zero attached hydrogens (tertiary/aromatic N) is 1. The van der Waals surface area contributed by atoms with Crippen molar-refractivity contribution in [2.75, 3.05) is 12.3 Å². The van der Waals surface area contributed by atoms with E-state index in [-0.39, 0.29) is 0 Å². The molecular formula is C11H12BrN3O. The van der Waals surface area contributed by atoms with Gasteiger partial charge in [0, 0.05) is 16.1 Å². The second-order valence-electron chi connectivity index (χ2n) is 3.28. The average molecular weight is 282 g/mol. The standard InChI is InChI=1S/C11H12BrN3O/c1-2-16-10-4-3-7(12)5-8(10)9-6-11(13)15-14-9/h3-6H,2H2,1H3,(H3,13,14,15). The van der Waals surface area contributed by atoms with E-state index in [1.54, 1.807) is 6.07 Å². The predicted octanol–water partition coefficient (Wildman–Crippen LogP) is 2.82. The SMILES string of the molecule is CCOc1ccc(Br)cc1-c1cc(N)n[nH]1. The van der Waals surface area contributed by atoms with E-state index in [1.807, 2.05) is 25.1 Å². The van der Waals surface area contributed by atoms with Crippen molar-refractivity contribution in [3.8, 4) is 17.0 Å². The zero-order valence-electron chi connectivity index (χ0n) is 8.83. The lowest BCUT2D eigenvalue weighted by molar-refractivity contribution is 0.341. The average Bonchev–Trinajstić information content (AvgIpc) is 2.68. The molecule has 0 spiro atoms. The van der Waals surface area contributed by atoms with Gasteiger partial charge in [-0.3, -0.25) is 5.10 Å². The van der Waals surface area contributed by atoms with Crippen LogP contribution < -0.4 is 10.5 Å². The first kappa shape index (κ1) is 11.0. The molecule has 0 saturated carbocycles. The van der Waals surface area contributed by atoms with Crippen molar-refractivity contribution >= 4 is 21.7 Å². The molecule has 0 atom stereocenters. The number of anilines is 1. The van der Waals surface area contributed by atoms with Crippen LogP contribution in [0.25, 0.3) is 11.3 Å². The van der Waals surface area contributed by atoms with E-state index in [0.717, 1.165) is 21.5 Å². The molecule has 0 amide bonds. The lowest BCUT2D eigenvalue weighted by atomic mass is 10.1. The van der Waals surface area contributed by atoms with Crippen molar-refractivity contribution < 1.29 is 4.74 Å². The minimum Gasteiger partial charge on any atom is -0.493 e. The first-order valence-electron chi connectivity index (χ1n) is 4.94. The summed E-state index contributed by atoms with van der Waals surface area (Å²) in [6.45, 7) is 2.57. The number of ether oxygens (including phenoxy) is 1. The Morgan fingerprint density at radius 2 is 2.25 bits per heavy atom. The van der Waals surface area contributed by atoms with Crippen molar-refractivity contribution in [2.24, 2.45) is 0 Å². The minimum absolute atomic E-state index is 0.470. The van der Waals surface area contributed by atoms with Gasteiger partial charge >= 0.3 is 0 Å². The first-order chi connectivity index (χ1) is 7.70. The number of benzene rings is 1. The van der Waals surface area contributed by atoms with Gasteiger partial charge in [-0.2, -0.15) is 5.10 Å². The Labute approximate surface area is 102 Å². The van der Waals surface area contributed by atoms with Gasteiger partial charge < -0.3 is 10.5 Å². The Morgan fingerprint density at radius 3 is 2.88 bits per heavy atom. The highest BCUT2D eigenvalue weighted by molar-refractivity contribution is 9.10. The van der Waals surface area contributed by atoms with Gasteiger partial charge in [0.2, 0.25) is 0 Å². The fourth-order valence-electron chi connectivity index (χ4n) is 1.47. The van der Waals surface area contributed by atoms with Gasteiger partial charge in [-0.25, -0.2) is 0 Å². The summed E-state index contributed by atoms with van der Waals surface area (Å²) in [5.41, 5.74) is 7.38. The molecule has 1 heterocycles. The molecule has 0 fully saturated rings. The second-order valence-corrected chi connectivity index (χ2v) is 4.20. The van der Waals surface area contributed by atoms with Crippen LogP contribution in [-0.4, -0.2) is 16.8 Å². The zero-order valence-corrected chi connectivity index (χ0v) is 10.4. The first-order valence-corrected chi connectivity index (χ1v) is 5.73. The molecule has 1 aromatic heterocycles. The molecule has 5 heteroatoms. The molecule has 0 aliphatic heterocycles. The Bertz CT molecular complexity index is 496. The van der Waals surface area contributed by atoms with Gasteiger partial charge in [-0.1, -0.05) is 15.9 Å². The summed E-state index contributed by atoms with van der Waals surface area (Å²) in [4.78, 5) is 0. The van der Waals surface area contributed by atoms with Crippen molar-refractivity contribution in [2.45, 2.75) is 6.92 Å². The lowest BCUT2D eigenvalue weighted by Crippen LogP contribution is -1.94. The monoisotopic (exact) mass is 281 g/mol. The zero-order chi connectivity index (χ0) is 11.5. The molecule has 0 radical (unpaired) electrons. The van der Waals surface area contributed by atoms with Gasteiger partial charge in [0.25, 0.3) is 0 Å². The van der Waals surface area contributed by atoms with Gasteiger partial charge in [0.1, 0.15) is 11.6 Å². The fraction of sp³-hybridized carbons (Fsp3) is 0.182. The van der Waals surface area contributed by atoms with E-state index in [2.05, 4.69) is 26.1 Å². The third-order valence-electron chi connectivity index (χ3n) is 2.13. The molecule has 2 aromatic rings. The summed E-state index contributed by atoms with van der Waals surface area (Å²) in [5.74, 6) is 1.28. The maximum atomic E-state index is 5.58. The number of H-pyrrole nitrogens is 1. The van der Waals surface area contributed by atoms with Crippen molar-refractivity contribution in [1.29, 1.82) is 0 Å². The largest absolute Gasteiger partial charge is 0.493 e. The van der Waals surface area contributed by atoms with Crippen molar-refractivity contribution in [3.63, 3.8) is 0 Å². The highest BCUT2D eigenvalue weighted by Gasteiger charge is 2.09. The summed E-state index contributed by atoms with van der Waals surface area (Å²) < 4.78 is 6.53. The third kappa shape index (κ3) is 2.19. The molecule has 16 heavy (non-hydrogen) atoms. The highest BCUT2D eigenvalue weighted by atomic mass is 79.9. The molecule has 1 aromatic carbocycles. The van der Waals surface area contributed by atoms with Gasteiger partial charge in [0.05, 0.1) is 12.3 Å². The van der Waals surface area contributed by atoms with E-state index < -0.39 is 0 Å². The third-order valence-corrected chi connectivity index (χ3v) is 2.62. The minimum atomic E-state index is 0.470. The number of nitrogen functional groups attached to an aromatic ring is 1. The topological polar surface area (TPSA) is 63.9 Å². The fourth-order valence-corrected chi connectivity index (χ4v) is 1.83. The van der Waals surface area contributed by atoms with Crippen LogP contribution in [0.5, 0.6) is 5.75 Å². The van der Waals surface area contributed by atoms with Crippen LogP contribution in [0.2, 0.25) is 0 Å². The quantitative estimate of drug-likeness (QED) is 0.909. The maximum absolute atomic E-state index is 5.58. The molecule has 0 unspecified atom stereocenters. The van der Waals surface area contributed by atoms with Crippen LogP contribution in [0.15, 0.2) is 28.7 Å². The maximum Gasteiger partial charge on any atom is 0.145 e. The van der Waals surface area contributed by atoms with Crippen LogP contribution in [0.3, 0.4) is 0 Å². The number of rotatable bonds is 3. The van der Waals surface area contributed by atoms with Gasteiger partial charge in [-0.15, -0.1) is 0 Å². The summed E-state index contributed by atoms with van der Waals surface area (Å²) in [6.07, 6.45) is 0. The number of nitrogens with one attached hydrogen (secondary N) is 1. The second kappa shape index (κ2) is 4.57. The molecular weight excluding hydrogens is 270 g/mol. The number of aromatic amines is 1. The number of nitrogens with two attached hydrogens (primary N) is 1. The van der Waals surface area contributed by atoms with E-state index >= 15 is 0 Å². The number of hydrogen-bond donors (Lipinski definition) is 2. The van der Waals surface area contributed by atoms with Crippen LogP contribution in [-0.2, 0) is 0 Å². The predicted molar refractivity (Wildman–Crippen MR) is 67.3 cm³/mol. The van der Waals surface area contributed by atoms with Crippen molar-refractivity contribution in [1.82, 2.24) is 10.2 Å². The summed E-state index contributed by atoms with van der Waals surface area (Å²) in [6, 6.07) is 7.61. The van der Waals surface area contributed by atoms with Crippen LogP contribution in [0.4, 0.5) is 5.82 Å². The van der Waals surface area contributed by atoms with E-state index in [1.165, 1.54) is 0 Å². The Morgan fingerprint density at radius 1 is 1.44 bits per heavy atom. The van der Waals surface area contributed by atoms with Gasteiger partial charge in [0.15, 0.2) is 0 Å². The summed E-state index contributed by atoms with van der Waals surface area (Å²) >= 11 is 3.43. The normalized spacial score (nSPS) is 10.4. The molecule has 0 aliphatic rings. The summed E-state index contributed by atoms with van der Waals surface area (Å²) in [7, 11) is 0. The Kier molecular flexibility index (Phi) is 3.14. The molecule has 84 valence electrons.